The molecule has 1 aromatic heterocycles. The lowest BCUT2D eigenvalue weighted by atomic mass is 9.96. The van der Waals surface area contributed by atoms with Crippen LogP contribution >= 0.6 is 0 Å². The van der Waals surface area contributed by atoms with Gasteiger partial charge in [0.05, 0.1) is 0 Å². The molecular formula is C15H24N2O3. The van der Waals surface area contributed by atoms with Crippen LogP contribution in [0, 0.1) is 5.92 Å². The second kappa shape index (κ2) is 7.45. The van der Waals surface area contributed by atoms with Gasteiger partial charge in [-0.2, -0.15) is 0 Å². The zero-order valence-corrected chi connectivity index (χ0v) is 12.4. The van der Waals surface area contributed by atoms with Crippen LogP contribution in [-0.4, -0.2) is 44.1 Å². The van der Waals surface area contributed by atoms with Crippen molar-refractivity contribution < 1.29 is 13.9 Å². The molecule has 0 aromatic carbocycles. The van der Waals surface area contributed by atoms with Gasteiger partial charge in [0.25, 0.3) is 5.91 Å². The molecule has 5 nitrogen and oxygen atoms in total. The Balaban J connectivity index is 1.84. The predicted octanol–water partition coefficient (Wildman–Crippen LogP) is 1.89. The Labute approximate surface area is 120 Å². The number of carbonyl (C=O) groups is 1. The number of nitrogens with zero attached hydrogens (tertiary/aromatic N) is 1. The fraction of sp³-hybridized carbons (Fsp3) is 0.667. The molecule has 1 aromatic rings. The highest BCUT2D eigenvalue weighted by Gasteiger charge is 2.25. The first kappa shape index (κ1) is 15.1. The van der Waals surface area contributed by atoms with Crippen LogP contribution in [0.2, 0.25) is 0 Å². The minimum Gasteiger partial charge on any atom is -0.453 e. The van der Waals surface area contributed by atoms with Crippen molar-refractivity contribution in [2.75, 3.05) is 33.3 Å². The highest BCUT2D eigenvalue weighted by molar-refractivity contribution is 5.91. The van der Waals surface area contributed by atoms with Gasteiger partial charge in [0.2, 0.25) is 0 Å². The minimum absolute atomic E-state index is 0.00532. The van der Waals surface area contributed by atoms with Gasteiger partial charge in [-0.3, -0.25) is 4.79 Å². The smallest absolute Gasteiger partial charge is 0.289 e. The van der Waals surface area contributed by atoms with E-state index in [0.29, 0.717) is 24.0 Å². The number of hydrogen-bond acceptors (Lipinski definition) is 4. The Hall–Kier alpha value is -1.33. The zero-order valence-electron chi connectivity index (χ0n) is 12.4. The number of piperidine rings is 1. The van der Waals surface area contributed by atoms with Crippen molar-refractivity contribution in [2.45, 2.75) is 26.4 Å². The van der Waals surface area contributed by atoms with Gasteiger partial charge in [-0.05, 0) is 44.0 Å². The van der Waals surface area contributed by atoms with E-state index in [-0.39, 0.29) is 5.91 Å². The molecule has 1 amide bonds. The molecule has 5 heteroatoms. The third-order valence-electron chi connectivity index (χ3n) is 3.74. The number of carbonyl (C=O) groups excluding carboxylic acids is 1. The molecule has 0 unspecified atom stereocenters. The Morgan fingerprint density at radius 3 is 2.85 bits per heavy atom. The quantitative estimate of drug-likeness (QED) is 0.864. The van der Waals surface area contributed by atoms with E-state index in [4.69, 9.17) is 9.15 Å². The van der Waals surface area contributed by atoms with Crippen molar-refractivity contribution in [1.29, 1.82) is 0 Å². The maximum atomic E-state index is 12.3. The summed E-state index contributed by atoms with van der Waals surface area (Å²) in [5, 5.41) is 3.38. The summed E-state index contributed by atoms with van der Waals surface area (Å²) in [5.41, 5.74) is 0. The first-order valence-electron chi connectivity index (χ1n) is 7.32. The second-order valence-electron chi connectivity index (χ2n) is 5.24. The third-order valence-corrected chi connectivity index (χ3v) is 3.74. The maximum Gasteiger partial charge on any atom is 0.289 e. The molecule has 1 aliphatic heterocycles. The summed E-state index contributed by atoms with van der Waals surface area (Å²) in [6, 6.07) is 3.54. The summed E-state index contributed by atoms with van der Waals surface area (Å²) < 4.78 is 10.5. The van der Waals surface area contributed by atoms with Crippen molar-refractivity contribution >= 4 is 5.91 Å². The summed E-state index contributed by atoms with van der Waals surface area (Å²) in [6.45, 7) is 6.21. The zero-order chi connectivity index (χ0) is 14.4. The number of rotatable bonds is 6. The van der Waals surface area contributed by atoms with E-state index in [0.717, 1.165) is 39.0 Å². The molecule has 2 rings (SSSR count). The van der Waals surface area contributed by atoms with E-state index in [1.165, 1.54) is 0 Å². The number of likely N-dealkylation sites (tertiary alicyclic amines) is 1. The summed E-state index contributed by atoms with van der Waals surface area (Å²) in [5.74, 6) is 1.79. The molecule has 0 saturated carbocycles. The van der Waals surface area contributed by atoms with Crippen molar-refractivity contribution in [1.82, 2.24) is 10.2 Å². The highest BCUT2D eigenvalue weighted by Crippen LogP contribution is 2.19. The van der Waals surface area contributed by atoms with E-state index >= 15 is 0 Å². The number of nitrogens with one attached hydrogen (secondary N) is 1. The van der Waals surface area contributed by atoms with Crippen molar-refractivity contribution in [3.63, 3.8) is 0 Å². The van der Waals surface area contributed by atoms with E-state index in [1.54, 1.807) is 19.2 Å². The molecular weight excluding hydrogens is 256 g/mol. The Morgan fingerprint density at radius 2 is 2.20 bits per heavy atom. The second-order valence-corrected chi connectivity index (χ2v) is 5.24. The monoisotopic (exact) mass is 280 g/mol. The van der Waals surface area contributed by atoms with Crippen LogP contribution in [0.15, 0.2) is 16.5 Å². The summed E-state index contributed by atoms with van der Waals surface area (Å²) in [7, 11) is 1.61. The molecule has 0 radical (unpaired) electrons. The standard InChI is InChI=1S/C15H24N2O3/c1-3-16-10-12-6-8-17(9-7-12)15(18)14-5-4-13(20-14)11-19-2/h4-5,12,16H,3,6-11H2,1-2H3. The van der Waals surface area contributed by atoms with Crippen LogP contribution in [0.5, 0.6) is 0 Å². The lowest BCUT2D eigenvalue weighted by molar-refractivity contribution is 0.0651. The summed E-state index contributed by atoms with van der Waals surface area (Å²) in [6.07, 6.45) is 2.12. The van der Waals surface area contributed by atoms with Gasteiger partial charge in [0.1, 0.15) is 12.4 Å². The van der Waals surface area contributed by atoms with Crippen LogP contribution < -0.4 is 5.32 Å². The number of hydrogen-bond donors (Lipinski definition) is 1. The van der Waals surface area contributed by atoms with Gasteiger partial charge in [0, 0.05) is 20.2 Å². The third kappa shape index (κ3) is 3.84. The fourth-order valence-corrected chi connectivity index (χ4v) is 2.56. The van der Waals surface area contributed by atoms with E-state index < -0.39 is 0 Å². The molecule has 1 N–H and O–H groups in total. The molecule has 2 heterocycles. The highest BCUT2D eigenvalue weighted by atomic mass is 16.5. The van der Waals surface area contributed by atoms with Gasteiger partial charge < -0.3 is 19.4 Å². The molecule has 1 fully saturated rings. The van der Waals surface area contributed by atoms with Gasteiger partial charge in [-0.15, -0.1) is 0 Å². The number of amides is 1. The molecule has 0 spiro atoms. The lowest BCUT2D eigenvalue weighted by Gasteiger charge is -2.31. The van der Waals surface area contributed by atoms with Crippen LogP contribution in [0.25, 0.3) is 0 Å². The average Bonchev–Trinajstić information content (AvgIpc) is 2.94. The first-order valence-corrected chi connectivity index (χ1v) is 7.32. The maximum absolute atomic E-state index is 12.3. The van der Waals surface area contributed by atoms with Crippen molar-refractivity contribution in [3.05, 3.63) is 23.7 Å². The Kier molecular flexibility index (Phi) is 5.61. The largest absolute Gasteiger partial charge is 0.453 e. The predicted molar refractivity (Wildman–Crippen MR) is 76.6 cm³/mol. The van der Waals surface area contributed by atoms with Crippen LogP contribution in [-0.2, 0) is 11.3 Å². The molecule has 0 bridgehead atoms. The Morgan fingerprint density at radius 1 is 1.45 bits per heavy atom. The van der Waals surface area contributed by atoms with Crippen molar-refractivity contribution in [2.24, 2.45) is 5.92 Å². The molecule has 20 heavy (non-hydrogen) atoms. The van der Waals surface area contributed by atoms with E-state index in [1.807, 2.05) is 4.90 Å². The molecule has 1 aliphatic rings. The van der Waals surface area contributed by atoms with Crippen molar-refractivity contribution in [3.8, 4) is 0 Å². The topological polar surface area (TPSA) is 54.7 Å². The van der Waals surface area contributed by atoms with Gasteiger partial charge >= 0.3 is 0 Å². The van der Waals surface area contributed by atoms with E-state index in [9.17, 15) is 4.79 Å². The average molecular weight is 280 g/mol. The van der Waals surface area contributed by atoms with Gasteiger partial charge in [0.15, 0.2) is 5.76 Å². The summed E-state index contributed by atoms with van der Waals surface area (Å²) >= 11 is 0. The Bertz CT molecular complexity index is 423. The summed E-state index contributed by atoms with van der Waals surface area (Å²) in [4.78, 5) is 14.2. The van der Waals surface area contributed by atoms with Crippen LogP contribution in [0.3, 0.4) is 0 Å². The lowest BCUT2D eigenvalue weighted by Crippen LogP contribution is -2.40. The number of methoxy groups -OCH3 is 1. The fourth-order valence-electron chi connectivity index (χ4n) is 2.56. The normalized spacial score (nSPS) is 16.6. The molecule has 1 saturated heterocycles. The van der Waals surface area contributed by atoms with Gasteiger partial charge in [-0.1, -0.05) is 6.92 Å². The molecule has 0 atom stereocenters. The van der Waals surface area contributed by atoms with Crippen LogP contribution in [0.1, 0.15) is 36.1 Å². The van der Waals surface area contributed by atoms with Crippen LogP contribution in [0.4, 0.5) is 0 Å². The van der Waals surface area contributed by atoms with E-state index in [2.05, 4.69) is 12.2 Å². The molecule has 112 valence electrons. The number of furan rings is 1. The number of ether oxygens (including phenoxy) is 1. The molecule has 0 aliphatic carbocycles. The first-order chi connectivity index (χ1) is 9.74. The minimum atomic E-state index is -0.00532. The SMILES string of the molecule is CCNCC1CCN(C(=O)c2ccc(COC)o2)CC1. The van der Waals surface area contributed by atoms with Gasteiger partial charge in [-0.25, -0.2) is 0 Å².